The van der Waals surface area contributed by atoms with Crippen molar-refractivity contribution in [2.24, 2.45) is 0 Å². The molecule has 3 nitrogen and oxygen atoms in total. The lowest BCUT2D eigenvalue weighted by molar-refractivity contribution is 0.0883. The van der Waals surface area contributed by atoms with Crippen molar-refractivity contribution in [2.45, 2.75) is 13.0 Å². The smallest absolute Gasteiger partial charge is 0.126 e. The van der Waals surface area contributed by atoms with E-state index in [-0.39, 0.29) is 6.10 Å². The maximum Gasteiger partial charge on any atom is 0.126 e. The van der Waals surface area contributed by atoms with Crippen LogP contribution >= 0.6 is 0 Å². The molecule has 1 aromatic heterocycles. The number of ether oxygens (including phenoxy) is 1. The Labute approximate surface area is 118 Å². The molecule has 0 aliphatic carbocycles. The second kappa shape index (κ2) is 5.80. The van der Waals surface area contributed by atoms with E-state index in [1.165, 1.54) is 0 Å². The third-order valence-electron chi connectivity index (χ3n) is 3.17. The Bertz CT molecular complexity index is 697. The van der Waals surface area contributed by atoms with Gasteiger partial charge in [-0.05, 0) is 24.6 Å². The minimum atomic E-state index is -0.168. The number of hydrogen-bond donors (Lipinski definition) is 0. The second-order valence-corrected chi connectivity index (χ2v) is 4.53. The molecule has 1 heterocycles. The van der Waals surface area contributed by atoms with E-state index < -0.39 is 0 Å². The minimum Gasteiger partial charge on any atom is -0.367 e. The Balaban J connectivity index is 2.05. The predicted octanol–water partition coefficient (Wildman–Crippen LogP) is 3.76. The molecule has 20 heavy (non-hydrogen) atoms. The van der Waals surface area contributed by atoms with Crippen molar-refractivity contribution in [2.75, 3.05) is 6.61 Å². The highest BCUT2D eigenvalue weighted by Gasteiger charge is 2.16. The van der Waals surface area contributed by atoms with Gasteiger partial charge in [-0.1, -0.05) is 42.5 Å². The molecular weight excluding hydrogens is 248 g/mol. The maximum absolute atomic E-state index is 5.86. The Morgan fingerprint density at radius 2 is 1.65 bits per heavy atom. The molecule has 2 aromatic carbocycles. The molecule has 1 atom stereocenters. The molecule has 100 valence electrons. The van der Waals surface area contributed by atoms with Gasteiger partial charge in [-0.25, -0.2) is 4.98 Å². The quantitative estimate of drug-likeness (QED) is 0.719. The second-order valence-electron chi connectivity index (χ2n) is 4.53. The van der Waals surface area contributed by atoms with E-state index in [1.807, 2.05) is 49.4 Å². The van der Waals surface area contributed by atoms with E-state index in [0.29, 0.717) is 6.61 Å². The summed E-state index contributed by atoms with van der Waals surface area (Å²) < 4.78 is 5.86. The molecule has 0 spiro atoms. The fourth-order valence-corrected chi connectivity index (χ4v) is 2.24. The van der Waals surface area contributed by atoms with Crippen molar-refractivity contribution in [3.8, 4) is 0 Å². The highest BCUT2D eigenvalue weighted by Crippen LogP contribution is 2.25. The maximum atomic E-state index is 5.86. The van der Waals surface area contributed by atoms with Crippen LogP contribution in [0.3, 0.4) is 0 Å². The number of hydrogen-bond acceptors (Lipinski definition) is 3. The van der Waals surface area contributed by atoms with Gasteiger partial charge in [0.15, 0.2) is 0 Å². The first-order chi connectivity index (χ1) is 9.88. The highest BCUT2D eigenvalue weighted by atomic mass is 16.5. The van der Waals surface area contributed by atoms with Crippen LogP contribution in [0.25, 0.3) is 11.0 Å². The van der Waals surface area contributed by atoms with Crippen LogP contribution in [0.5, 0.6) is 0 Å². The molecule has 0 saturated heterocycles. The van der Waals surface area contributed by atoms with E-state index in [2.05, 4.69) is 22.1 Å². The molecular formula is C17H16N2O. The summed E-state index contributed by atoms with van der Waals surface area (Å²) in [6.07, 6.45) is 1.63. The molecule has 0 amide bonds. The number of benzene rings is 2. The average Bonchev–Trinajstić information content (AvgIpc) is 2.53. The summed E-state index contributed by atoms with van der Waals surface area (Å²) in [5, 5.41) is 0. The number of nitrogens with zero attached hydrogens (tertiary/aromatic N) is 2. The van der Waals surface area contributed by atoms with Gasteiger partial charge in [-0.2, -0.15) is 0 Å². The lowest BCUT2D eigenvalue weighted by atomic mass is 10.1. The van der Waals surface area contributed by atoms with E-state index in [9.17, 15) is 0 Å². The number of aromatic nitrogens is 2. The molecule has 0 N–H and O–H groups in total. The van der Waals surface area contributed by atoms with Crippen molar-refractivity contribution < 1.29 is 4.74 Å². The highest BCUT2D eigenvalue weighted by molar-refractivity contribution is 5.73. The van der Waals surface area contributed by atoms with Gasteiger partial charge in [-0.15, -0.1) is 0 Å². The van der Waals surface area contributed by atoms with Crippen LogP contribution in [0.2, 0.25) is 0 Å². The van der Waals surface area contributed by atoms with Gasteiger partial charge in [-0.3, -0.25) is 4.98 Å². The average molecular weight is 264 g/mol. The molecule has 0 radical (unpaired) electrons. The largest absolute Gasteiger partial charge is 0.367 e. The lowest BCUT2D eigenvalue weighted by Crippen LogP contribution is -2.08. The zero-order valence-corrected chi connectivity index (χ0v) is 11.4. The Hall–Kier alpha value is -2.26. The van der Waals surface area contributed by atoms with Crippen molar-refractivity contribution in [1.29, 1.82) is 0 Å². The van der Waals surface area contributed by atoms with Gasteiger partial charge in [0.2, 0.25) is 0 Å². The standard InChI is InChI=1S/C17H16N2O/c1-2-20-17(13-8-4-3-5-9-13)16-12-18-14-10-6-7-11-15(14)19-16/h3-12,17H,2H2,1H3. The predicted molar refractivity (Wildman–Crippen MR) is 79.4 cm³/mol. The van der Waals surface area contributed by atoms with Gasteiger partial charge >= 0.3 is 0 Å². The summed E-state index contributed by atoms with van der Waals surface area (Å²) >= 11 is 0. The first-order valence-electron chi connectivity index (χ1n) is 6.76. The third-order valence-corrected chi connectivity index (χ3v) is 3.17. The fraction of sp³-hybridized carbons (Fsp3) is 0.176. The van der Waals surface area contributed by atoms with E-state index in [0.717, 1.165) is 22.3 Å². The number of para-hydroxylation sites is 2. The third kappa shape index (κ3) is 2.53. The van der Waals surface area contributed by atoms with Crippen LogP contribution in [-0.4, -0.2) is 16.6 Å². The molecule has 3 heteroatoms. The molecule has 0 saturated carbocycles. The Morgan fingerprint density at radius 3 is 2.40 bits per heavy atom. The summed E-state index contributed by atoms with van der Waals surface area (Å²) in [4.78, 5) is 9.15. The van der Waals surface area contributed by atoms with Crippen molar-refractivity contribution in [3.05, 3.63) is 72.1 Å². The van der Waals surface area contributed by atoms with Crippen LogP contribution in [-0.2, 0) is 4.74 Å². The van der Waals surface area contributed by atoms with Crippen LogP contribution in [0.4, 0.5) is 0 Å². The monoisotopic (exact) mass is 264 g/mol. The molecule has 0 bridgehead atoms. The Morgan fingerprint density at radius 1 is 0.950 bits per heavy atom. The molecule has 0 aliphatic rings. The summed E-state index contributed by atoms with van der Waals surface area (Å²) in [6, 6.07) is 18.0. The van der Waals surface area contributed by atoms with Crippen molar-refractivity contribution in [3.63, 3.8) is 0 Å². The van der Waals surface area contributed by atoms with Crippen molar-refractivity contribution in [1.82, 2.24) is 9.97 Å². The molecule has 1 unspecified atom stereocenters. The lowest BCUT2D eigenvalue weighted by Gasteiger charge is -2.17. The van der Waals surface area contributed by atoms with E-state index in [1.54, 1.807) is 6.20 Å². The van der Waals surface area contributed by atoms with E-state index >= 15 is 0 Å². The fourth-order valence-electron chi connectivity index (χ4n) is 2.24. The molecule has 3 aromatic rings. The van der Waals surface area contributed by atoms with Gasteiger partial charge in [0.1, 0.15) is 6.10 Å². The summed E-state index contributed by atoms with van der Waals surface area (Å²) in [7, 11) is 0. The molecule has 3 rings (SSSR count). The molecule has 0 fully saturated rings. The van der Waals surface area contributed by atoms with Crippen LogP contribution < -0.4 is 0 Å². The first kappa shape index (κ1) is 12.8. The first-order valence-corrected chi connectivity index (χ1v) is 6.76. The summed E-state index contributed by atoms with van der Waals surface area (Å²) in [5.74, 6) is 0. The van der Waals surface area contributed by atoms with Gasteiger partial charge in [0, 0.05) is 6.61 Å². The SMILES string of the molecule is CCOC(c1ccccc1)c1cnc2ccccc2n1. The normalized spacial score (nSPS) is 12.4. The summed E-state index contributed by atoms with van der Waals surface area (Å²) in [6.45, 7) is 2.62. The Kier molecular flexibility index (Phi) is 3.70. The van der Waals surface area contributed by atoms with Gasteiger partial charge in [0.05, 0.1) is 22.9 Å². The van der Waals surface area contributed by atoms with Gasteiger partial charge < -0.3 is 4.74 Å². The van der Waals surface area contributed by atoms with Crippen LogP contribution in [0, 0.1) is 0 Å². The van der Waals surface area contributed by atoms with Crippen molar-refractivity contribution >= 4 is 11.0 Å². The summed E-state index contributed by atoms with van der Waals surface area (Å²) in [5.41, 5.74) is 3.74. The number of fused-ring (bicyclic) bond motifs is 1. The number of rotatable bonds is 4. The zero-order chi connectivity index (χ0) is 13.8. The minimum absolute atomic E-state index is 0.168. The van der Waals surface area contributed by atoms with E-state index in [4.69, 9.17) is 4.74 Å². The topological polar surface area (TPSA) is 35.0 Å². The zero-order valence-electron chi connectivity index (χ0n) is 11.4. The van der Waals surface area contributed by atoms with Gasteiger partial charge in [0.25, 0.3) is 0 Å². The van der Waals surface area contributed by atoms with Crippen LogP contribution in [0.1, 0.15) is 24.3 Å². The van der Waals surface area contributed by atoms with Crippen LogP contribution in [0.15, 0.2) is 60.8 Å². The molecule has 0 aliphatic heterocycles.